The highest BCUT2D eigenvalue weighted by Gasteiger charge is 2.31. The van der Waals surface area contributed by atoms with Crippen molar-refractivity contribution in [1.82, 2.24) is 4.98 Å². The minimum absolute atomic E-state index is 0.563. The first kappa shape index (κ1) is 11.7. The number of aliphatic hydroxyl groups is 1. The monoisotopic (exact) mass is 241 g/mol. The summed E-state index contributed by atoms with van der Waals surface area (Å²) in [5.41, 5.74) is 5.03. The molecule has 16 heavy (non-hydrogen) atoms. The predicted molar refractivity (Wildman–Crippen MR) is 67.6 cm³/mol. The van der Waals surface area contributed by atoms with E-state index in [2.05, 4.69) is 17.2 Å². The Morgan fingerprint density at radius 1 is 1.62 bits per heavy atom. The van der Waals surface area contributed by atoms with E-state index in [1.165, 1.54) is 11.3 Å². The van der Waals surface area contributed by atoms with Crippen LogP contribution in [-0.4, -0.2) is 22.2 Å². The van der Waals surface area contributed by atoms with E-state index in [0.29, 0.717) is 11.5 Å². The highest BCUT2D eigenvalue weighted by atomic mass is 32.1. The van der Waals surface area contributed by atoms with Crippen molar-refractivity contribution in [1.29, 1.82) is 0 Å². The number of thiazole rings is 1. The third-order valence-corrected chi connectivity index (χ3v) is 4.08. The van der Waals surface area contributed by atoms with Crippen molar-refractivity contribution in [3.8, 4) is 0 Å². The van der Waals surface area contributed by atoms with Crippen molar-refractivity contribution in [3.05, 3.63) is 6.20 Å². The second kappa shape index (κ2) is 4.59. The summed E-state index contributed by atoms with van der Waals surface area (Å²) in [7, 11) is 0. The van der Waals surface area contributed by atoms with E-state index >= 15 is 0 Å². The number of nitrogens with one attached hydrogen (secondary N) is 1. The van der Waals surface area contributed by atoms with Crippen molar-refractivity contribution in [2.45, 2.75) is 38.2 Å². The van der Waals surface area contributed by atoms with Crippen LogP contribution >= 0.6 is 11.3 Å². The van der Waals surface area contributed by atoms with Crippen LogP contribution in [0.5, 0.6) is 0 Å². The van der Waals surface area contributed by atoms with E-state index in [9.17, 15) is 5.11 Å². The molecule has 4 N–H and O–H groups in total. The van der Waals surface area contributed by atoms with E-state index in [1.54, 1.807) is 6.20 Å². The summed E-state index contributed by atoms with van der Waals surface area (Å²) < 4.78 is 0. The molecule has 0 unspecified atom stereocenters. The second-order valence-electron chi connectivity index (χ2n) is 4.83. The van der Waals surface area contributed by atoms with Gasteiger partial charge in [-0.15, -0.1) is 0 Å². The molecule has 0 radical (unpaired) electrons. The molecule has 0 saturated heterocycles. The molecule has 0 atom stereocenters. The van der Waals surface area contributed by atoms with Crippen LogP contribution in [0.15, 0.2) is 6.20 Å². The lowest BCUT2D eigenvalue weighted by Gasteiger charge is -2.34. The first-order valence-electron chi connectivity index (χ1n) is 5.75. The molecule has 2 rings (SSSR count). The van der Waals surface area contributed by atoms with Crippen LogP contribution in [0.4, 0.5) is 10.1 Å². The minimum atomic E-state index is -0.563. The zero-order valence-corrected chi connectivity index (χ0v) is 10.4. The summed E-state index contributed by atoms with van der Waals surface area (Å²) in [4.78, 5) is 4.12. The molecule has 1 aliphatic rings. The van der Waals surface area contributed by atoms with Gasteiger partial charge >= 0.3 is 0 Å². The lowest BCUT2D eigenvalue weighted by atomic mass is 9.79. The fourth-order valence-electron chi connectivity index (χ4n) is 2.08. The smallest absolute Gasteiger partial charge is 0.184 e. The van der Waals surface area contributed by atoms with Gasteiger partial charge in [-0.05, 0) is 31.6 Å². The molecule has 1 aromatic heterocycles. The molecule has 1 heterocycles. The molecule has 1 aliphatic carbocycles. The van der Waals surface area contributed by atoms with Gasteiger partial charge < -0.3 is 16.2 Å². The van der Waals surface area contributed by atoms with Crippen molar-refractivity contribution in [3.63, 3.8) is 0 Å². The predicted octanol–water partition coefficient (Wildman–Crippen LogP) is 2.08. The first-order chi connectivity index (χ1) is 7.57. The normalized spacial score (nSPS) is 30.2. The average molecular weight is 241 g/mol. The van der Waals surface area contributed by atoms with Gasteiger partial charge in [-0.3, -0.25) is 0 Å². The molecule has 1 aromatic rings. The van der Waals surface area contributed by atoms with Crippen LogP contribution in [-0.2, 0) is 0 Å². The van der Waals surface area contributed by atoms with Crippen molar-refractivity contribution in [2.75, 3.05) is 17.6 Å². The van der Waals surface area contributed by atoms with Crippen molar-refractivity contribution >= 4 is 21.5 Å². The second-order valence-corrected chi connectivity index (χ2v) is 5.89. The third kappa shape index (κ3) is 2.86. The minimum Gasteiger partial charge on any atom is -0.389 e. The number of anilines is 2. The Bertz CT molecular complexity index is 345. The molecule has 0 aliphatic heterocycles. The molecular formula is C11H19N3OS. The SMILES string of the molecule is CC1CCC(O)(CNc2ncc(N)s2)CC1. The largest absolute Gasteiger partial charge is 0.389 e. The number of hydrogen-bond donors (Lipinski definition) is 3. The standard InChI is InChI=1S/C11H19N3OS/c1-8-2-4-11(15,5-3-8)7-14-10-13-6-9(12)16-10/h6,8,15H,2-5,7,12H2,1H3,(H,13,14). The molecule has 0 amide bonds. The Morgan fingerprint density at radius 2 is 2.31 bits per heavy atom. The van der Waals surface area contributed by atoms with Crippen LogP contribution in [0.1, 0.15) is 32.6 Å². The van der Waals surface area contributed by atoms with Crippen molar-refractivity contribution < 1.29 is 5.11 Å². The molecule has 0 aromatic carbocycles. The van der Waals surface area contributed by atoms with Gasteiger partial charge in [0.25, 0.3) is 0 Å². The summed E-state index contributed by atoms with van der Waals surface area (Å²) in [6.07, 6.45) is 5.61. The fourth-order valence-corrected chi connectivity index (χ4v) is 2.66. The first-order valence-corrected chi connectivity index (χ1v) is 6.57. The maximum atomic E-state index is 10.3. The van der Waals surface area contributed by atoms with Gasteiger partial charge in [0.05, 0.1) is 11.8 Å². The summed E-state index contributed by atoms with van der Waals surface area (Å²) in [5, 5.41) is 15.0. The molecule has 4 nitrogen and oxygen atoms in total. The topological polar surface area (TPSA) is 71.2 Å². The lowest BCUT2D eigenvalue weighted by molar-refractivity contribution is 0.00501. The zero-order chi connectivity index (χ0) is 11.6. The maximum Gasteiger partial charge on any atom is 0.184 e. The van der Waals surface area contributed by atoms with E-state index < -0.39 is 5.60 Å². The van der Waals surface area contributed by atoms with Crippen LogP contribution in [0.2, 0.25) is 0 Å². The van der Waals surface area contributed by atoms with E-state index in [1.807, 2.05) is 0 Å². The summed E-state index contributed by atoms with van der Waals surface area (Å²) in [6.45, 7) is 2.82. The Hall–Kier alpha value is -0.810. The summed E-state index contributed by atoms with van der Waals surface area (Å²) in [5.74, 6) is 0.746. The Kier molecular flexibility index (Phi) is 3.35. The van der Waals surface area contributed by atoms with Crippen LogP contribution < -0.4 is 11.1 Å². The number of nitrogens with two attached hydrogens (primary N) is 1. The lowest BCUT2D eigenvalue weighted by Crippen LogP contribution is -2.40. The molecule has 1 fully saturated rings. The van der Waals surface area contributed by atoms with E-state index in [0.717, 1.165) is 36.7 Å². The highest BCUT2D eigenvalue weighted by Crippen LogP contribution is 2.32. The number of nitrogens with zero attached hydrogens (tertiary/aromatic N) is 1. The Balaban J connectivity index is 1.85. The molecule has 0 bridgehead atoms. The molecular weight excluding hydrogens is 222 g/mol. The van der Waals surface area contributed by atoms with Crippen LogP contribution in [0.3, 0.4) is 0 Å². The van der Waals surface area contributed by atoms with Crippen molar-refractivity contribution in [2.24, 2.45) is 5.92 Å². The van der Waals surface area contributed by atoms with Gasteiger partial charge in [0, 0.05) is 6.54 Å². The Morgan fingerprint density at radius 3 is 2.88 bits per heavy atom. The van der Waals surface area contributed by atoms with E-state index in [4.69, 9.17) is 5.73 Å². The van der Waals surface area contributed by atoms with Gasteiger partial charge in [0.15, 0.2) is 5.13 Å². The number of rotatable bonds is 3. The summed E-state index contributed by atoms with van der Waals surface area (Å²) in [6, 6.07) is 0. The molecule has 5 heteroatoms. The average Bonchev–Trinajstić information content (AvgIpc) is 2.67. The van der Waals surface area contributed by atoms with Gasteiger partial charge in [-0.25, -0.2) is 4.98 Å². The van der Waals surface area contributed by atoms with Gasteiger partial charge in [0.2, 0.25) is 0 Å². The summed E-state index contributed by atoms with van der Waals surface area (Å²) >= 11 is 1.42. The highest BCUT2D eigenvalue weighted by molar-refractivity contribution is 7.19. The quantitative estimate of drug-likeness (QED) is 0.757. The number of nitrogen functional groups attached to an aromatic ring is 1. The molecule has 0 spiro atoms. The van der Waals surface area contributed by atoms with Crippen LogP contribution in [0.25, 0.3) is 0 Å². The number of aromatic nitrogens is 1. The molecule has 1 saturated carbocycles. The third-order valence-electron chi connectivity index (χ3n) is 3.30. The molecule has 90 valence electrons. The van der Waals surface area contributed by atoms with Gasteiger partial charge in [-0.2, -0.15) is 0 Å². The van der Waals surface area contributed by atoms with Crippen LogP contribution in [0, 0.1) is 5.92 Å². The number of hydrogen-bond acceptors (Lipinski definition) is 5. The van der Waals surface area contributed by atoms with Gasteiger partial charge in [0.1, 0.15) is 5.00 Å². The Labute approximate surface area is 99.9 Å². The van der Waals surface area contributed by atoms with Gasteiger partial charge in [-0.1, -0.05) is 18.3 Å². The zero-order valence-electron chi connectivity index (χ0n) is 9.57. The fraction of sp³-hybridized carbons (Fsp3) is 0.727. The maximum absolute atomic E-state index is 10.3. The van der Waals surface area contributed by atoms with E-state index in [-0.39, 0.29) is 0 Å².